The Morgan fingerprint density at radius 1 is 0.545 bits per heavy atom. The SMILES string of the molecule is [C-]#[N+]c1cccc(-c2nc(-c3cccc(-n4c5ccccc5c5cc6oc7ccccc7c6cc54)c3)nc3ccccc23)c1. The first-order valence-corrected chi connectivity index (χ1v) is 14.5. The molecule has 3 aromatic heterocycles. The maximum Gasteiger partial charge on any atom is 0.187 e. The number of fused-ring (bicyclic) bond motifs is 7. The molecule has 5 nitrogen and oxygen atoms in total. The molecule has 0 N–H and O–H groups in total. The first-order valence-electron chi connectivity index (χ1n) is 14.5. The largest absolute Gasteiger partial charge is 0.456 e. The smallest absolute Gasteiger partial charge is 0.187 e. The van der Waals surface area contributed by atoms with E-state index in [-0.39, 0.29) is 0 Å². The second kappa shape index (κ2) is 9.38. The molecule has 0 atom stereocenters. The Bertz CT molecular complexity index is 2640. The van der Waals surface area contributed by atoms with Crippen molar-refractivity contribution in [2.24, 2.45) is 0 Å². The summed E-state index contributed by atoms with van der Waals surface area (Å²) in [4.78, 5) is 13.7. The predicted molar refractivity (Wildman–Crippen MR) is 178 cm³/mol. The van der Waals surface area contributed by atoms with E-state index >= 15 is 0 Å². The number of furan rings is 1. The van der Waals surface area contributed by atoms with E-state index in [1.165, 1.54) is 5.39 Å². The number of benzene rings is 6. The zero-order chi connectivity index (χ0) is 29.2. The van der Waals surface area contributed by atoms with E-state index in [1.807, 2.05) is 60.7 Å². The number of nitrogens with zero attached hydrogens (tertiary/aromatic N) is 4. The minimum absolute atomic E-state index is 0.583. The molecule has 0 unspecified atom stereocenters. The third-order valence-electron chi connectivity index (χ3n) is 8.39. The van der Waals surface area contributed by atoms with Crippen LogP contribution in [0.3, 0.4) is 0 Å². The van der Waals surface area contributed by atoms with Gasteiger partial charge < -0.3 is 8.98 Å². The first kappa shape index (κ1) is 24.4. The summed E-state index contributed by atoms with van der Waals surface area (Å²) in [7, 11) is 0. The Balaban J connectivity index is 1.28. The van der Waals surface area contributed by atoms with Crippen LogP contribution < -0.4 is 0 Å². The van der Waals surface area contributed by atoms with Gasteiger partial charge in [0.2, 0.25) is 0 Å². The van der Waals surface area contributed by atoms with Gasteiger partial charge in [0, 0.05) is 38.2 Å². The molecular weight excluding hydrogens is 540 g/mol. The van der Waals surface area contributed by atoms with Crippen molar-refractivity contribution in [2.75, 3.05) is 0 Å². The zero-order valence-corrected chi connectivity index (χ0v) is 23.4. The summed E-state index contributed by atoms with van der Waals surface area (Å²) in [5.41, 5.74) is 9.09. The number of aromatic nitrogens is 3. The Morgan fingerprint density at radius 2 is 1.32 bits per heavy atom. The molecule has 9 rings (SSSR count). The van der Waals surface area contributed by atoms with E-state index in [0.717, 1.165) is 71.8 Å². The summed E-state index contributed by atoms with van der Waals surface area (Å²) < 4.78 is 8.57. The molecule has 0 aliphatic heterocycles. The van der Waals surface area contributed by atoms with Crippen LogP contribution in [0.5, 0.6) is 0 Å². The van der Waals surface area contributed by atoms with Crippen molar-refractivity contribution in [1.29, 1.82) is 0 Å². The van der Waals surface area contributed by atoms with Gasteiger partial charge in [0.1, 0.15) is 11.2 Å². The topological polar surface area (TPSA) is 48.2 Å². The quantitative estimate of drug-likeness (QED) is 0.201. The molecule has 0 amide bonds. The van der Waals surface area contributed by atoms with Crippen LogP contribution in [0.1, 0.15) is 0 Å². The molecule has 3 heterocycles. The van der Waals surface area contributed by atoms with Crippen molar-refractivity contribution in [3.63, 3.8) is 0 Å². The van der Waals surface area contributed by atoms with Crippen LogP contribution in [0.4, 0.5) is 5.69 Å². The second-order valence-electron chi connectivity index (χ2n) is 10.9. The molecule has 0 saturated heterocycles. The standard InChI is InChI=1S/C39H22N4O/c1-40-26-12-8-10-24(20-26)38-30-16-2-5-17-33(30)41-39(42-38)25-11-9-13-27(21-25)43-34-18-6-3-14-28(34)31-23-37-32(22-35(31)43)29-15-4-7-19-36(29)44-37/h2-23H. The van der Waals surface area contributed by atoms with Crippen LogP contribution in [-0.4, -0.2) is 14.5 Å². The van der Waals surface area contributed by atoms with Crippen molar-refractivity contribution in [3.05, 3.63) is 145 Å². The van der Waals surface area contributed by atoms with Gasteiger partial charge in [-0.25, -0.2) is 14.8 Å². The molecule has 0 saturated carbocycles. The highest BCUT2D eigenvalue weighted by Gasteiger charge is 2.17. The van der Waals surface area contributed by atoms with Gasteiger partial charge in [-0.15, -0.1) is 0 Å². The highest BCUT2D eigenvalue weighted by Crippen LogP contribution is 2.39. The normalized spacial score (nSPS) is 11.6. The lowest BCUT2D eigenvalue weighted by Crippen LogP contribution is -1.97. The molecule has 0 bridgehead atoms. The van der Waals surface area contributed by atoms with Gasteiger partial charge in [-0.2, -0.15) is 0 Å². The first-order chi connectivity index (χ1) is 21.7. The van der Waals surface area contributed by atoms with Crippen LogP contribution >= 0.6 is 0 Å². The van der Waals surface area contributed by atoms with Crippen LogP contribution in [0, 0.1) is 6.57 Å². The number of para-hydroxylation sites is 3. The lowest BCUT2D eigenvalue weighted by molar-refractivity contribution is 0.669. The molecule has 6 aromatic carbocycles. The predicted octanol–water partition coefficient (Wildman–Crippen LogP) is 10.5. The maximum atomic E-state index is 7.51. The van der Waals surface area contributed by atoms with Crippen molar-refractivity contribution >= 4 is 60.3 Å². The third-order valence-corrected chi connectivity index (χ3v) is 8.39. The van der Waals surface area contributed by atoms with Gasteiger partial charge in [-0.3, -0.25) is 0 Å². The van der Waals surface area contributed by atoms with E-state index in [9.17, 15) is 0 Å². The summed E-state index contributed by atoms with van der Waals surface area (Å²) in [6.07, 6.45) is 0. The van der Waals surface area contributed by atoms with Crippen molar-refractivity contribution < 1.29 is 4.42 Å². The molecule has 44 heavy (non-hydrogen) atoms. The number of rotatable bonds is 3. The molecule has 5 heteroatoms. The Hall–Kier alpha value is -6.25. The van der Waals surface area contributed by atoms with E-state index in [4.69, 9.17) is 21.0 Å². The van der Waals surface area contributed by atoms with Crippen molar-refractivity contribution in [1.82, 2.24) is 14.5 Å². The fraction of sp³-hybridized carbons (Fsp3) is 0. The van der Waals surface area contributed by atoms with Gasteiger partial charge in [0.05, 0.1) is 28.8 Å². The van der Waals surface area contributed by atoms with Crippen molar-refractivity contribution in [2.45, 2.75) is 0 Å². The fourth-order valence-electron chi connectivity index (χ4n) is 6.40. The van der Waals surface area contributed by atoms with Gasteiger partial charge >= 0.3 is 0 Å². The molecule has 0 fully saturated rings. The summed E-state index contributed by atoms with van der Waals surface area (Å²) in [5, 5.41) is 5.46. The van der Waals surface area contributed by atoms with Gasteiger partial charge in [-0.05, 0) is 54.1 Å². The van der Waals surface area contributed by atoms with E-state index in [2.05, 4.69) is 82.2 Å². The highest BCUT2D eigenvalue weighted by atomic mass is 16.3. The maximum absolute atomic E-state index is 7.51. The van der Waals surface area contributed by atoms with E-state index < -0.39 is 0 Å². The monoisotopic (exact) mass is 562 g/mol. The number of hydrogen-bond donors (Lipinski definition) is 0. The molecule has 0 spiro atoms. The van der Waals surface area contributed by atoms with Crippen LogP contribution in [0.25, 0.3) is 87.8 Å². The average Bonchev–Trinajstić information content (AvgIpc) is 3.61. The van der Waals surface area contributed by atoms with Gasteiger partial charge in [0.25, 0.3) is 0 Å². The summed E-state index contributed by atoms with van der Waals surface area (Å²) >= 11 is 0. The molecular formula is C39H22N4O. The fourth-order valence-corrected chi connectivity index (χ4v) is 6.40. The molecule has 9 aromatic rings. The van der Waals surface area contributed by atoms with Crippen LogP contribution in [0.2, 0.25) is 0 Å². The molecule has 0 radical (unpaired) electrons. The molecule has 0 aliphatic carbocycles. The second-order valence-corrected chi connectivity index (χ2v) is 10.9. The summed E-state index contributed by atoms with van der Waals surface area (Å²) in [5.74, 6) is 0.637. The highest BCUT2D eigenvalue weighted by molar-refractivity contribution is 6.17. The average molecular weight is 563 g/mol. The van der Waals surface area contributed by atoms with Crippen LogP contribution in [-0.2, 0) is 0 Å². The van der Waals surface area contributed by atoms with E-state index in [0.29, 0.717) is 11.5 Å². The third kappa shape index (κ3) is 3.65. The Kier molecular flexibility index (Phi) is 5.19. The Labute approximate surface area is 252 Å². The molecule has 204 valence electrons. The zero-order valence-electron chi connectivity index (χ0n) is 23.4. The lowest BCUT2D eigenvalue weighted by atomic mass is 10.0. The summed E-state index contributed by atoms with van der Waals surface area (Å²) in [6.45, 7) is 7.51. The summed E-state index contributed by atoms with van der Waals surface area (Å²) in [6, 6.07) is 45.2. The Morgan fingerprint density at radius 3 is 2.23 bits per heavy atom. The van der Waals surface area contributed by atoms with E-state index in [1.54, 1.807) is 0 Å². The minimum atomic E-state index is 0.583. The minimum Gasteiger partial charge on any atom is -0.456 e. The van der Waals surface area contributed by atoms with Crippen LogP contribution in [0.15, 0.2) is 138 Å². The van der Waals surface area contributed by atoms with Gasteiger partial charge in [-0.1, -0.05) is 84.9 Å². The lowest BCUT2D eigenvalue weighted by Gasteiger charge is -2.12. The van der Waals surface area contributed by atoms with Gasteiger partial charge in [0.15, 0.2) is 11.5 Å². The molecule has 0 aliphatic rings. The number of hydrogen-bond acceptors (Lipinski definition) is 3. The van der Waals surface area contributed by atoms with Crippen molar-refractivity contribution in [3.8, 4) is 28.3 Å².